The van der Waals surface area contributed by atoms with Gasteiger partial charge in [-0.05, 0) is 30.2 Å². The number of ether oxygens (including phenoxy) is 1. The summed E-state index contributed by atoms with van der Waals surface area (Å²) in [6, 6.07) is 8.44. The number of nitrogens with zero attached hydrogens (tertiary/aromatic N) is 3. The molecular formula is C20H17N5O4. The number of carbonyl (C=O) groups is 3. The number of fused-ring (bicyclic) bond motifs is 2. The molecule has 0 spiro atoms. The van der Waals surface area contributed by atoms with E-state index < -0.39 is 11.9 Å². The number of hydrogen-bond acceptors (Lipinski definition) is 6. The molecule has 1 aromatic carbocycles. The summed E-state index contributed by atoms with van der Waals surface area (Å²) in [5.74, 6) is 0.204. The molecule has 5 rings (SSSR count). The highest BCUT2D eigenvalue weighted by atomic mass is 16.5. The topological polar surface area (TPSA) is 117 Å². The number of rotatable bonds is 3. The van der Waals surface area contributed by atoms with Crippen molar-refractivity contribution in [2.45, 2.75) is 25.4 Å². The van der Waals surface area contributed by atoms with E-state index in [0.717, 1.165) is 16.6 Å². The molecule has 1 atom stereocenters. The van der Waals surface area contributed by atoms with Gasteiger partial charge in [-0.1, -0.05) is 6.07 Å². The number of hydrogen-bond donors (Lipinski definition) is 2. The molecule has 0 saturated carbocycles. The molecule has 3 aromatic rings. The van der Waals surface area contributed by atoms with Crippen molar-refractivity contribution >= 4 is 28.9 Å². The lowest BCUT2D eigenvalue weighted by atomic mass is 10.0. The number of benzene rings is 1. The Morgan fingerprint density at radius 1 is 1.14 bits per heavy atom. The summed E-state index contributed by atoms with van der Waals surface area (Å²) in [5, 5.41) is 2.31. The zero-order chi connectivity index (χ0) is 20.1. The Labute approximate surface area is 165 Å². The second-order valence-electron chi connectivity index (χ2n) is 7.08. The fourth-order valence-electron chi connectivity index (χ4n) is 3.85. The normalized spacial score (nSPS) is 18.9. The molecule has 1 saturated heterocycles. The average Bonchev–Trinajstić information content (AvgIpc) is 3.28. The van der Waals surface area contributed by atoms with Gasteiger partial charge in [0.25, 0.3) is 5.91 Å². The molecule has 29 heavy (non-hydrogen) atoms. The Hall–Kier alpha value is -3.75. The molecule has 0 bridgehead atoms. The predicted molar refractivity (Wildman–Crippen MR) is 102 cm³/mol. The van der Waals surface area contributed by atoms with Crippen LogP contribution in [-0.4, -0.2) is 50.7 Å². The Bertz CT molecular complexity index is 1180. The number of aromatic amines is 1. The summed E-state index contributed by atoms with van der Waals surface area (Å²) in [7, 11) is 1.55. The van der Waals surface area contributed by atoms with Gasteiger partial charge < -0.3 is 14.6 Å². The number of methoxy groups -OCH3 is 1. The van der Waals surface area contributed by atoms with E-state index in [1.165, 1.54) is 4.90 Å². The lowest BCUT2D eigenvalue weighted by Gasteiger charge is -2.29. The molecule has 2 aliphatic rings. The maximum Gasteiger partial charge on any atom is 0.255 e. The largest absolute Gasteiger partial charge is 0.481 e. The molecule has 0 aliphatic carbocycles. The first-order chi connectivity index (χ1) is 14.0. The molecular weight excluding hydrogens is 374 g/mol. The van der Waals surface area contributed by atoms with E-state index in [-0.39, 0.29) is 18.2 Å². The molecule has 9 heteroatoms. The Morgan fingerprint density at radius 2 is 2.00 bits per heavy atom. The van der Waals surface area contributed by atoms with E-state index in [1.807, 2.05) is 18.2 Å². The van der Waals surface area contributed by atoms with Crippen LogP contribution in [0.25, 0.3) is 22.6 Å². The van der Waals surface area contributed by atoms with Crippen LogP contribution >= 0.6 is 0 Å². The number of piperidine rings is 1. The Morgan fingerprint density at radius 3 is 2.79 bits per heavy atom. The third-order valence-electron chi connectivity index (χ3n) is 5.33. The number of pyridine rings is 1. The van der Waals surface area contributed by atoms with Crippen LogP contribution < -0.4 is 10.1 Å². The summed E-state index contributed by atoms with van der Waals surface area (Å²) in [5.41, 5.74) is 3.53. The van der Waals surface area contributed by atoms with Gasteiger partial charge in [0, 0.05) is 30.2 Å². The molecule has 3 amide bonds. The molecule has 1 fully saturated rings. The molecule has 2 aromatic heterocycles. The van der Waals surface area contributed by atoms with Crippen molar-refractivity contribution < 1.29 is 19.1 Å². The van der Waals surface area contributed by atoms with Crippen molar-refractivity contribution in [3.05, 3.63) is 41.5 Å². The third-order valence-corrected chi connectivity index (χ3v) is 5.33. The Balaban J connectivity index is 1.45. The summed E-state index contributed by atoms with van der Waals surface area (Å²) in [6.07, 6.45) is 0.575. The predicted octanol–water partition coefficient (Wildman–Crippen LogP) is 1.39. The van der Waals surface area contributed by atoms with Crippen LogP contribution in [0.1, 0.15) is 28.8 Å². The average molecular weight is 391 g/mol. The van der Waals surface area contributed by atoms with Crippen molar-refractivity contribution in [3.63, 3.8) is 0 Å². The van der Waals surface area contributed by atoms with Gasteiger partial charge in [0.1, 0.15) is 11.9 Å². The summed E-state index contributed by atoms with van der Waals surface area (Å²) >= 11 is 0. The number of amides is 3. The minimum atomic E-state index is -0.626. The molecule has 2 N–H and O–H groups in total. The van der Waals surface area contributed by atoms with Crippen molar-refractivity contribution in [2.24, 2.45) is 0 Å². The van der Waals surface area contributed by atoms with Crippen molar-refractivity contribution in [2.75, 3.05) is 7.11 Å². The van der Waals surface area contributed by atoms with E-state index >= 15 is 0 Å². The van der Waals surface area contributed by atoms with Crippen molar-refractivity contribution in [3.8, 4) is 17.3 Å². The zero-order valence-corrected chi connectivity index (χ0v) is 15.6. The standard InChI is InChI=1S/C20H17N5O4/c1-29-16-7-4-13-18(23-16)24-17(21-13)10-2-3-12-11(8-10)9-25(20(12)28)14-5-6-15(26)22-19(14)27/h2-4,7-8,14H,5-6,9H2,1H3,(H,21,23,24)(H,22,26,27). The van der Waals surface area contributed by atoms with E-state index in [0.29, 0.717) is 35.9 Å². The highest BCUT2D eigenvalue weighted by Crippen LogP contribution is 2.31. The maximum absolute atomic E-state index is 12.8. The molecule has 2 aliphatic heterocycles. The number of H-pyrrole nitrogens is 1. The number of aromatic nitrogens is 3. The van der Waals surface area contributed by atoms with Gasteiger partial charge in [-0.25, -0.2) is 4.98 Å². The van der Waals surface area contributed by atoms with Gasteiger partial charge in [0.15, 0.2) is 5.65 Å². The molecule has 146 valence electrons. The van der Waals surface area contributed by atoms with Crippen LogP contribution in [0.3, 0.4) is 0 Å². The SMILES string of the molecule is COc1ccc2[nH]c(-c3ccc4c(c3)CN(C3CCC(=O)NC3=O)C4=O)nc2n1. The highest BCUT2D eigenvalue weighted by Gasteiger charge is 2.39. The van der Waals surface area contributed by atoms with Gasteiger partial charge >= 0.3 is 0 Å². The Kier molecular flexibility index (Phi) is 3.83. The first-order valence-corrected chi connectivity index (χ1v) is 9.22. The van der Waals surface area contributed by atoms with Gasteiger partial charge in [-0.3, -0.25) is 19.7 Å². The number of imide groups is 1. The van der Waals surface area contributed by atoms with Gasteiger partial charge in [-0.2, -0.15) is 4.98 Å². The monoisotopic (exact) mass is 391 g/mol. The van der Waals surface area contributed by atoms with Crippen LogP contribution in [-0.2, 0) is 16.1 Å². The van der Waals surface area contributed by atoms with E-state index in [4.69, 9.17) is 4.74 Å². The molecule has 0 radical (unpaired) electrons. The maximum atomic E-state index is 12.8. The van der Waals surface area contributed by atoms with Gasteiger partial charge in [-0.15, -0.1) is 0 Å². The van der Waals surface area contributed by atoms with Crippen molar-refractivity contribution in [1.29, 1.82) is 0 Å². The van der Waals surface area contributed by atoms with Gasteiger partial charge in [0.2, 0.25) is 17.7 Å². The van der Waals surface area contributed by atoms with Crippen LogP contribution in [0.2, 0.25) is 0 Å². The molecule has 9 nitrogen and oxygen atoms in total. The lowest BCUT2D eigenvalue weighted by molar-refractivity contribution is -0.136. The van der Waals surface area contributed by atoms with Crippen molar-refractivity contribution in [1.82, 2.24) is 25.2 Å². The number of nitrogens with one attached hydrogen (secondary N) is 2. The zero-order valence-electron chi connectivity index (χ0n) is 15.6. The van der Waals surface area contributed by atoms with Crippen LogP contribution in [0.5, 0.6) is 5.88 Å². The lowest BCUT2D eigenvalue weighted by Crippen LogP contribution is -2.52. The third kappa shape index (κ3) is 2.82. The fraction of sp³-hybridized carbons (Fsp3) is 0.250. The highest BCUT2D eigenvalue weighted by molar-refractivity contribution is 6.05. The smallest absolute Gasteiger partial charge is 0.255 e. The molecule has 4 heterocycles. The van der Waals surface area contributed by atoms with E-state index in [1.54, 1.807) is 19.2 Å². The van der Waals surface area contributed by atoms with Gasteiger partial charge in [0.05, 0.1) is 12.6 Å². The van der Waals surface area contributed by atoms with E-state index in [9.17, 15) is 14.4 Å². The first-order valence-electron chi connectivity index (χ1n) is 9.22. The number of imidazole rings is 1. The summed E-state index contributed by atoms with van der Waals surface area (Å²) in [6.45, 7) is 0.320. The summed E-state index contributed by atoms with van der Waals surface area (Å²) < 4.78 is 5.13. The minimum Gasteiger partial charge on any atom is -0.481 e. The quantitative estimate of drug-likeness (QED) is 0.652. The second kappa shape index (κ2) is 6.40. The summed E-state index contributed by atoms with van der Waals surface area (Å²) in [4.78, 5) is 49.9. The minimum absolute atomic E-state index is 0.197. The first kappa shape index (κ1) is 17.4. The number of carbonyl (C=O) groups excluding carboxylic acids is 3. The van der Waals surface area contributed by atoms with Crippen LogP contribution in [0, 0.1) is 0 Å². The molecule has 1 unspecified atom stereocenters. The van der Waals surface area contributed by atoms with Crippen LogP contribution in [0.15, 0.2) is 30.3 Å². The van der Waals surface area contributed by atoms with Crippen LogP contribution in [0.4, 0.5) is 0 Å². The second-order valence-corrected chi connectivity index (χ2v) is 7.08. The fourth-order valence-corrected chi connectivity index (χ4v) is 3.85. The van der Waals surface area contributed by atoms with E-state index in [2.05, 4.69) is 20.3 Å².